The highest BCUT2D eigenvalue weighted by Crippen LogP contribution is 2.31. The monoisotopic (exact) mass is 1000 g/mol. The fourth-order valence-corrected chi connectivity index (χ4v) is 17.8. The second-order valence-corrected chi connectivity index (χ2v) is 26.1. The van der Waals surface area contributed by atoms with Crippen LogP contribution < -0.4 is 0 Å². The van der Waals surface area contributed by atoms with Crippen LogP contribution in [-0.4, -0.2) is 103 Å². The van der Waals surface area contributed by atoms with E-state index in [9.17, 15) is 33.7 Å². The highest BCUT2D eigenvalue weighted by atomic mass is 32.2. The van der Waals surface area contributed by atoms with E-state index in [2.05, 4.69) is 0 Å². The van der Waals surface area contributed by atoms with Crippen LogP contribution in [0.25, 0.3) is 0 Å². The Morgan fingerprint density at radius 3 is 0.582 bits per heavy atom. The first-order valence-electron chi connectivity index (χ1n) is 23.4. The van der Waals surface area contributed by atoms with Crippen LogP contribution >= 0.6 is 0 Å². The van der Waals surface area contributed by atoms with Crippen LogP contribution in [0.3, 0.4) is 0 Å². The van der Waals surface area contributed by atoms with Crippen molar-refractivity contribution in [2.45, 2.75) is 149 Å². The van der Waals surface area contributed by atoms with Crippen molar-refractivity contribution in [3.05, 3.63) is 115 Å². The molecule has 12 nitrogen and oxygen atoms in total. The van der Waals surface area contributed by atoms with Gasteiger partial charge in [0.25, 0.3) is 0 Å². The van der Waals surface area contributed by atoms with Crippen LogP contribution in [0.1, 0.15) is 113 Å². The number of hydrogen-bond acceptors (Lipinski definition) is 8. The molecule has 0 radical (unpaired) electrons. The number of hydrogen-bond donors (Lipinski definition) is 0. The number of aryl methyl sites for hydroxylation is 12. The lowest BCUT2D eigenvalue weighted by atomic mass is 10.1. The summed E-state index contributed by atoms with van der Waals surface area (Å²) in [4.78, 5) is 0.874. The zero-order chi connectivity index (χ0) is 50.4. The number of sulfonamides is 4. The Hall–Kier alpha value is -3.48. The molecule has 0 amide bonds. The third-order valence-electron chi connectivity index (χ3n) is 12.2. The van der Waals surface area contributed by atoms with Gasteiger partial charge in [-0.25, -0.2) is 33.7 Å². The van der Waals surface area contributed by atoms with E-state index in [-0.39, 0.29) is 91.2 Å². The molecular weight excluding hydrogens is 925 g/mol. The topological polar surface area (TPSA) is 150 Å². The molecular formula is C51H76N4O8S4. The number of nitrogens with zero attached hydrogens (tertiary/aromatic N) is 4. The average Bonchev–Trinajstić information content (AvgIpc) is 3.16. The minimum atomic E-state index is -4.16. The summed E-state index contributed by atoms with van der Waals surface area (Å²) in [5.41, 5.74) is 8.70. The van der Waals surface area contributed by atoms with Gasteiger partial charge in [-0.05, 0) is 160 Å². The zero-order valence-corrected chi connectivity index (χ0v) is 45.8. The van der Waals surface area contributed by atoms with E-state index < -0.39 is 40.1 Å². The summed E-state index contributed by atoms with van der Waals surface area (Å²) >= 11 is 0. The SMILES string of the molecule is CCCN(CCCN(CCCN(CCCN(CCC)S(=O)(=O)c1c(C)cc(C)cc1C)S(=O)(=O)c1c(C)cc(C)cc1C)S(=O)(=O)c1c(C)cc(C)cc1C)S(=O)(=O)c1c(C)cc(C)cc1C. The first-order valence-corrected chi connectivity index (χ1v) is 29.2. The maximum Gasteiger partial charge on any atom is 0.243 e. The highest BCUT2D eigenvalue weighted by Gasteiger charge is 2.34. The second-order valence-electron chi connectivity index (χ2n) is 18.6. The van der Waals surface area contributed by atoms with Crippen molar-refractivity contribution in [3.8, 4) is 0 Å². The molecule has 0 unspecified atom stereocenters. The van der Waals surface area contributed by atoms with Gasteiger partial charge in [0, 0.05) is 52.4 Å². The molecule has 0 aromatic heterocycles. The van der Waals surface area contributed by atoms with Crippen molar-refractivity contribution in [2.24, 2.45) is 0 Å². The van der Waals surface area contributed by atoms with Crippen LogP contribution in [0.2, 0.25) is 0 Å². The van der Waals surface area contributed by atoms with Crippen LogP contribution in [0.5, 0.6) is 0 Å². The summed E-state index contributed by atoms with van der Waals surface area (Å²) in [6, 6.07) is 14.7. The predicted octanol–water partition coefficient (Wildman–Crippen LogP) is 9.44. The fraction of sp³-hybridized carbons (Fsp3) is 0.529. The Bertz CT molecular complexity index is 2590. The van der Waals surface area contributed by atoms with Gasteiger partial charge in [0.05, 0.1) is 19.6 Å². The Balaban J connectivity index is 1.71. The third kappa shape index (κ3) is 13.0. The predicted molar refractivity (Wildman–Crippen MR) is 272 cm³/mol. The maximum absolute atomic E-state index is 14.8. The lowest BCUT2D eigenvalue weighted by Gasteiger charge is -2.29. The average molecular weight is 1000 g/mol. The summed E-state index contributed by atoms with van der Waals surface area (Å²) in [5.74, 6) is 0. The molecule has 0 saturated heterocycles. The third-order valence-corrected chi connectivity index (χ3v) is 21.0. The first kappa shape index (κ1) is 56.1. The van der Waals surface area contributed by atoms with Gasteiger partial charge in [-0.2, -0.15) is 17.2 Å². The molecule has 67 heavy (non-hydrogen) atoms. The summed E-state index contributed by atoms with van der Waals surface area (Å²) in [7, 11) is -16.2. The second kappa shape index (κ2) is 23.0. The fourth-order valence-electron chi connectivity index (χ4n) is 9.99. The number of benzene rings is 4. The van der Waals surface area contributed by atoms with Crippen LogP contribution in [0, 0.1) is 83.1 Å². The molecule has 0 heterocycles. The molecule has 0 atom stereocenters. The van der Waals surface area contributed by atoms with Crippen molar-refractivity contribution >= 4 is 40.1 Å². The van der Waals surface area contributed by atoms with Crippen molar-refractivity contribution in [1.82, 2.24) is 17.2 Å². The summed E-state index contributed by atoms with van der Waals surface area (Å²) in [6.07, 6.45) is 1.62. The normalized spacial score (nSPS) is 12.9. The maximum atomic E-state index is 14.8. The van der Waals surface area contributed by atoms with Crippen molar-refractivity contribution in [2.75, 3.05) is 52.4 Å². The van der Waals surface area contributed by atoms with Gasteiger partial charge in [0.15, 0.2) is 0 Å². The summed E-state index contributed by atoms with van der Waals surface area (Å²) < 4.78 is 122. The quantitative estimate of drug-likeness (QED) is 0.0674. The Morgan fingerprint density at radius 1 is 0.284 bits per heavy atom. The van der Waals surface area contributed by atoms with Gasteiger partial charge in [-0.3, -0.25) is 0 Å². The van der Waals surface area contributed by atoms with E-state index in [0.29, 0.717) is 57.3 Å². The Labute approximate surface area is 405 Å². The molecule has 0 saturated carbocycles. The standard InChI is InChI=1S/C51H76N4O8S4/c1-15-20-52(64(56,57)48-40(7)28-36(3)29-41(48)8)22-17-24-54(66(60,61)50-44(11)32-38(5)33-45(50)12)26-19-27-55(67(62,63)51-46(13)34-39(6)35-47(51)14)25-18-23-53(21-16-2)65(58,59)49-42(9)30-37(4)31-43(49)10/h28-35H,15-27H2,1-14H3. The molecule has 0 spiro atoms. The van der Waals surface area contributed by atoms with E-state index in [1.807, 2.05) is 90.1 Å². The van der Waals surface area contributed by atoms with Gasteiger partial charge in [-0.1, -0.05) is 84.6 Å². The first-order chi connectivity index (χ1) is 31.1. The smallest absolute Gasteiger partial charge is 0.207 e. The van der Waals surface area contributed by atoms with E-state index in [1.165, 1.54) is 17.2 Å². The molecule has 0 bridgehead atoms. The summed E-state index contributed by atoms with van der Waals surface area (Å²) in [6.45, 7) is 26.2. The van der Waals surface area contributed by atoms with Crippen molar-refractivity contribution in [3.63, 3.8) is 0 Å². The van der Waals surface area contributed by atoms with E-state index in [4.69, 9.17) is 0 Å². The largest absolute Gasteiger partial charge is 0.243 e. The molecule has 16 heteroatoms. The number of rotatable bonds is 24. The van der Waals surface area contributed by atoms with E-state index in [1.54, 1.807) is 55.4 Å². The van der Waals surface area contributed by atoms with Crippen molar-refractivity contribution < 1.29 is 33.7 Å². The zero-order valence-electron chi connectivity index (χ0n) is 42.5. The Morgan fingerprint density at radius 2 is 0.433 bits per heavy atom. The van der Waals surface area contributed by atoms with Gasteiger partial charge in [0.2, 0.25) is 40.1 Å². The molecule has 0 aliphatic carbocycles. The molecule has 4 rings (SSSR count). The lowest BCUT2D eigenvalue weighted by molar-refractivity contribution is 0.328. The minimum Gasteiger partial charge on any atom is -0.207 e. The van der Waals surface area contributed by atoms with Crippen LogP contribution in [-0.2, 0) is 40.1 Å². The molecule has 0 aliphatic rings. The highest BCUT2D eigenvalue weighted by molar-refractivity contribution is 7.90. The van der Waals surface area contributed by atoms with E-state index in [0.717, 1.165) is 22.3 Å². The van der Waals surface area contributed by atoms with Gasteiger partial charge < -0.3 is 0 Å². The van der Waals surface area contributed by atoms with E-state index >= 15 is 0 Å². The molecule has 372 valence electrons. The minimum absolute atomic E-state index is 0.0126. The van der Waals surface area contributed by atoms with Gasteiger partial charge in [-0.15, -0.1) is 0 Å². The molecule has 0 fully saturated rings. The lowest BCUT2D eigenvalue weighted by Crippen LogP contribution is -2.40. The molecule has 0 aliphatic heterocycles. The Kier molecular flexibility index (Phi) is 19.2. The summed E-state index contributed by atoms with van der Waals surface area (Å²) in [5, 5.41) is 0. The van der Waals surface area contributed by atoms with Gasteiger partial charge in [0.1, 0.15) is 0 Å². The van der Waals surface area contributed by atoms with Crippen LogP contribution in [0.4, 0.5) is 0 Å². The molecule has 0 N–H and O–H groups in total. The molecule has 4 aromatic rings. The van der Waals surface area contributed by atoms with Gasteiger partial charge >= 0.3 is 0 Å². The van der Waals surface area contributed by atoms with Crippen molar-refractivity contribution in [1.29, 1.82) is 0 Å². The van der Waals surface area contributed by atoms with Crippen LogP contribution in [0.15, 0.2) is 68.1 Å². The molecule has 4 aromatic carbocycles.